The van der Waals surface area contributed by atoms with Gasteiger partial charge in [-0.05, 0) is 67.6 Å². The van der Waals surface area contributed by atoms with E-state index in [9.17, 15) is 4.79 Å². The number of aryl methyl sites for hydroxylation is 2. The van der Waals surface area contributed by atoms with Crippen molar-refractivity contribution in [2.24, 2.45) is 0 Å². The van der Waals surface area contributed by atoms with E-state index in [0.29, 0.717) is 18.3 Å². The first-order chi connectivity index (χ1) is 12.3. The van der Waals surface area contributed by atoms with Crippen LogP contribution in [0.4, 0.5) is 0 Å². The Morgan fingerprint density at radius 1 is 0.923 bits per heavy atom. The Balaban J connectivity index is 1.74. The molecule has 0 aromatic heterocycles. The summed E-state index contributed by atoms with van der Waals surface area (Å²) in [5.41, 5.74) is 3.51. The fourth-order valence-electron chi connectivity index (χ4n) is 2.69. The molecule has 0 saturated carbocycles. The van der Waals surface area contributed by atoms with E-state index in [0.717, 1.165) is 16.9 Å². The second-order valence-electron chi connectivity index (χ2n) is 7.12. The van der Waals surface area contributed by atoms with Crippen LogP contribution in [0.2, 0.25) is 0 Å². The average molecular weight is 355 g/mol. The number of hydrogen-bond acceptors (Lipinski definition) is 3. The molecular formula is C22H29NO3. The highest BCUT2D eigenvalue weighted by atomic mass is 16.5. The summed E-state index contributed by atoms with van der Waals surface area (Å²) in [5.74, 6) is 1.86. The Morgan fingerprint density at radius 2 is 1.54 bits per heavy atom. The van der Waals surface area contributed by atoms with Crippen LogP contribution in [0.25, 0.3) is 0 Å². The van der Waals surface area contributed by atoms with Crippen LogP contribution in [0.1, 0.15) is 43.4 Å². The van der Waals surface area contributed by atoms with Gasteiger partial charge >= 0.3 is 0 Å². The minimum absolute atomic E-state index is 0.00365. The molecule has 2 aromatic carbocycles. The minimum atomic E-state index is -0.157. The Bertz CT molecular complexity index is 702. The second-order valence-corrected chi connectivity index (χ2v) is 7.12. The van der Waals surface area contributed by atoms with Gasteiger partial charge < -0.3 is 14.8 Å². The van der Waals surface area contributed by atoms with Gasteiger partial charge in [0.2, 0.25) is 0 Å². The molecule has 0 fully saturated rings. The molecule has 0 spiro atoms. The summed E-state index contributed by atoms with van der Waals surface area (Å²) in [6.45, 7) is 10.7. The normalized spacial score (nSPS) is 11.9. The van der Waals surface area contributed by atoms with Gasteiger partial charge in [-0.15, -0.1) is 0 Å². The summed E-state index contributed by atoms with van der Waals surface area (Å²) < 4.78 is 11.3. The number of hydrogen-bond donors (Lipinski definition) is 1. The van der Waals surface area contributed by atoms with E-state index in [4.69, 9.17) is 9.47 Å². The first-order valence-corrected chi connectivity index (χ1v) is 9.06. The van der Waals surface area contributed by atoms with Crippen molar-refractivity contribution < 1.29 is 14.3 Å². The van der Waals surface area contributed by atoms with Gasteiger partial charge in [0, 0.05) is 0 Å². The van der Waals surface area contributed by atoms with E-state index in [1.54, 1.807) is 0 Å². The van der Waals surface area contributed by atoms with Gasteiger partial charge in [0.05, 0.1) is 6.04 Å². The lowest BCUT2D eigenvalue weighted by Crippen LogP contribution is -2.39. The smallest absolute Gasteiger partial charge is 0.258 e. The molecule has 0 heterocycles. The zero-order valence-electron chi connectivity index (χ0n) is 16.3. The minimum Gasteiger partial charge on any atom is -0.491 e. The maximum atomic E-state index is 12.0. The highest BCUT2D eigenvalue weighted by Gasteiger charge is 2.09. The molecule has 0 radical (unpaired) electrons. The van der Waals surface area contributed by atoms with E-state index in [-0.39, 0.29) is 18.6 Å². The van der Waals surface area contributed by atoms with E-state index in [1.165, 1.54) is 5.56 Å². The first-order valence-electron chi connectivity index (χ1n) is 9.06. The first kappa shape index (κ1) is 19.8. The van der Waals surface area contributed by atoms with E-state index >= 15 is 0 Å². The molecule has 0 unspecified atom stereocenters. The quantitative estimate of drug-likeness (QED) is 0.764. The molecule has 0 bridgehead atoms. The average Bonchev–Trinajstić information content (AvgIpc) is 2.58. The van der Waals surface area contributed by atoms with E-state index in [2.05, 4.69) is 37.4 Å². The number of carbonyl (C=O) groups excluding carboxylic acids is 1. The number of ether oxygens (including phenoxy) is 2. The maximum Gasteiger partial charge on any atom is 0.258 e. The summed E-state index contributed by atoms with van der Waals surface area (Å²) in [6, 6.07) is 13.9. The molecule has 26 heavy (non-hydrogen) atoms. The van der Waals surface area contributed by atoms with Crippen LogP contribution in [-0.2, 0) is 4.79 Å². The SMILES string of the molecule is Cc1cc(C)cc(OCC(=O)N[C@@H](C)COc2ccc(C(C)C)cc2)c1. The third-order valence-electron chi connectivity index (χ3n) is 4.02. The zero-order chi connectivity index (χ0) is 19.1. The number of amides is 1. The van der Waals surface area contributed by atoms with E-state index in [1.807, 2.05) is 45.0 Å². The fraction of sp³-hybridized carbons (Fsp3) is 0.409. The molecule has 1 N–H and O–H groups in total. The van der Waals surface area contributed by atoms with Gasteiger partial charge in [-0.3, -0.25) is 4.79 Å². The number of nitrogens with one attached hydrogen (secondary N) is 1. The van der Waals surface area contributed by atoms with Crippen LogP contribution in [0, 0.1) is 13.8 Å². The summed E-state index contributed by atoms with van der Waals surface area (Å²) in [7, 11) is 0. The molecular weight excluding hydrogens is 326 g/mol. The van der Waals surface area contributed by atoms with Gasteiger partial charge in [0.15, 0.2) is 6.61 Å². The maximum absolute atomic E-state index is 12.0. The predicted molar refractivity (Wildman–Crippen MR) is 105 cm³/mol. The molecule has 2 rings (SSSR count). The third-order valence-corrected chi connectivity index (χ3v) is 4.02. The van der Waals surface area contributed by atoms with Crippen molar-refractivity contribution in [3.63, 3.8) is 0 Å². The van der Waals surface area contributed by atoms with Crippen LogP contribution >= 0.6 is 0 Å². The van der Waals surface area contributed by atoms with Crippen LogP contribution in [0.3, 0.4) is 0 Å². The lowest BCUT2D eigenvalue weighted by atomic mass is 10.0. The molecule has 0 aliphatic heterocycles. The predicted octanol–water partition coefficient (Wildman–Crippen LogP) is 4.39. The lowest BCUT2D eigenvalue weighted by molar-refractivity contribution is -0.123. The van der Waals surface area contributed by atoms with Gasteiger partial charge in [-0.2, -0.15) is 0 Å². The number of benzene rings is 2. The van der Waals surface area contributed by atoms with Crippen LogP contribution in [0.5, 0.6) is 11.5 Å². The van der Waals surface area contributed by atoms with Crippen molar-refractivity contribution in [1.29, 1.82) is 0 Å². The zero-order valence-corrected chi connectivity index (χ0v) is 16.3. The van der Waals surface area contributed by atoms with Crippen LogP contribution in [-0.4, -0.2) is 25.2 Å². The summed E-state index contributed by atoms with van der Waals surface area (Å²) in [4.78, 5) is 12.0. The van der Waals surface area contributed by atoms with Crippen molar-refractivity contribution in [3.05, 3.63) is 59.2 Å². The van der Waals surface area contributed by atoms with Gasteiger partial charge in [-0.1, -0.05) is 32.0 Å². The summed E-state index contributed by atoms with van der Waals surface area (Å²) in [6.07, 6.45) is 0. The third kappa shape index (κ3) is 6.43. The van der Waals surface area contributed by atoms with Crippen LogP contribution in [0.15, 0.2) is 42.5 Å². The molecule has 2 aromatic rings. The standard InChI is InChI=1S/C22H29NO3/c1-15(2)19-6-8-20(9-7-19)25-13-18(5)23-22(24)14-26-21-11-16(3)10-17(4)12-21/h6-12,15,18H,13-14H2,1-5H3,(H,23,24)/t18-/m0/s1. The number of rotatable bonds is 8. The van der Waals surface area contributed by atoms with Crippen molar-refractivity contribution >= 4 is 5.91 Å². The topological polar surface area (TPSA) is 47.6 Å². The Kier molecular flexibility index (Phi) is 7.07. The Labute approximate surface area is 156 Å². The molecule has 0 aliphatic rings. The fourth-order valence-corrected chi connectivity index (χ4v) is 2.69. The molecule has 4 heteroatoms. The highest BCUT2D eigenvalue weighted by Crippen LogP contribution is 2.19. The highest BCUT2D eigenvalue weighted by molar-refractivity contribution is 5.77. The molecule has 1 amide bonds. The van der Waals surface area contributed by atoms with Crippen LogP contribution < -0.4 is 14.8 Å². The largest absolute Gasteiger partial charge is 0.491 e. The van der Waals surface area contributed by atoms with Crippen molar-refractivity contribution in [2.45, 2.75) is 46.6 Å². The van der Waals surface area contributed by atoms with E-state index < -0.39 is 0 Å². The molecule has 0 saturated heterocycles. The second kappa shape index (κ2) is 9.27. The Hall–Kier alpha value is -2.49. The monoisotopic (exact) mass is 355 g/mol. The number of carbonyl (C=O) groups is 1. The van der Waals surface area contributed by atoms with Crippen molar-refractivity contribution in [1.82, 2.24) is 5.32 Å². The van der Waals surface area contributed by atoms with Gasteiger partial charge in [-0.25, -0.2) is 0 Å². The molecule has 4 nitrogen and oxygen atoms in total. The lowest BCUT2D eigenvalue weighted by Gasteiger charge is -2.16. The Morgan fingerprint density at radius 3 is 2.12 bits per heavy atom. The molecule has 140 valence electrons. The van der Waals surface area contributed by atoms with Crippen molar-refractivity contribution in [2.75, 3.05) is 13.2 Å². The summed E-state index contributed by atoms with van der Waals surface area (Å²) >= 11 is 0. The van der Waals surface area contributed by atoms with Crippen molar-refractivity contribution in [3.8, 4) is 11.5 Å². The van der Waals surface area contributed by atoms with Gasteiger partial charge in [0.1, 0.15) is 18.1 Å². The molecule has 1 atom stereocenters. The van der Waals surface area contributed by atoms with Gasteiger partial charge in [0.25, 0.3) is 5.91 Å². The molecule has 0 aliphatic carbocycles. The summed E-state index contributed by atoms with van der Waals surface area (Å²) in [5, 5.41) is 2.89.